The van der Waals surface area contributed by atoms with Crippen LogP contribution in [0.5, 0.6) is 0 Å². The fourth-order valence-electron chi connectivity index (χ4n) is 1.51. The standard InChI is InChI=1S/C13H12IN3O/c14-9-2-4-10(5-3-9)17-12-7-8(13(16)18)1-6-11(12)15/h1-7,17H,15H2,(H2,16,18). The predicted molar refractivity (Wildman–Crippen MR) is 81.8 cm³/mol. The Balaban J connectivity index is 2.30. The van der Waals surface area contributed by atoms with E-state index in [-0.39, 0.29) is 0 Å². The highest BCUT2D eigenvalue weighted by Gasteiger charge is 2.05. The normalized spacial score (nSPS) is 10.1. The number of nitrogens with one attached hydrogen (secondary N) is 1. The molecule has 0 aliphatic carbocycles. The maximum Gasteiger partial charge on any atom is 0.248 e. The molecule has 0 fully saturated rings. The van der Waals surface area contributed by atoms with E-state index in [0.717, 1.165) is 9.26 Å². The van der Waals surface area contributed by atoms with Crippen molar-refractivity contribution in [2.45, 2.75) is 0 Å². The maximum absolute atomic E-state index is 11.1. The number of nitrogen functional groups attached to an aromatic ring is 1. The summed E-state index contributed by atoms with van der Waals surface area (Å²) >= 11 is 2.23. The number of carbonyl (C=O) groups excluding carboxylic acids is 1. The van der Waals surface area contributed by atoms with Gasteiger partial charge in [0.15, 0.2) is 0 Å². The van der Waals surface area contributed by atoms with Gasteiger partial charge in [0.1, 0.15) is 0 Å². The average molecular weight is 353 g/mol. The molecule has 18 heavy (non-hydrogen) atoms. The molecule has 1 amide bonds. The SMILES string of the molecule is NC(=O)c1ccc(N)c(Nc2ccc(I)cc2)c1. The lowest BCUT2D eigenvalue weighted by Crippen LogP contribution is -2.11. The number of benzene rings is 2. The molecule has 0 aromatic heterocycles. The van der Waals surface area contributed by atoms with Crippen molar-refractivity contribution in [2.75, 3.05) is 11.1 Å². The number of hydrogen-bond acceptors (Lipinski definition) is 3. The highest BCUT2D eigenvalue weighted by atomic mass is 127. The highest BCUT2D eigenvalue weighted by molar-refractivity contribution is 14.1. The van der Waals surface area contributed by atoms with Crippen LogP contribution in [0.2, 0.25) is 0 Å². The van der Waals surface area contributed by atoms with E-state index in [0.29, 0.717) is 16.9 Å². The Kier molecular flexibility index (Phi) is 3.71. The zero-order valence-electron chi connectivity index (χ0n) is 9.48. The van der Waals surface area contributed by atoms with Gasteiger partial charge in [0.05, 0.1) is 11.4 Å². The van der Waals surface area contributed by atoms with Gasteiger partial charge < -0.3 is 16.8 Å². The summed E-state index contributed by atoms with van der Waals surface area (Å²) < 4.78 is 1.15. The topological polar surface area (TPSA) is 81.1 Å². The van der Waals surface area contributed by atoms with Crippen LogP contribution in [-0.2, 0) is 0 Å². The smallest absolute Gasteiger partial charge is 0.248 e. The van der Waals surface area contributed by atoms with E-state index < -0.39 is 5.91 Å². The predicted octanol–water partition coefficient (Wildman–Crippen LogP) is 2.72. The quantitative estimate of drug-likeness (QED) is 0.586. The summed E-state index contributed by atoms with van der Waals surface area (Å²) in [7, 11) is 0. The number of amides is 1. The second-order valence-electron chi connectivity index (χ2n) is 3.80. The number of halogens is 1. The van der Waals surface area contributed by atoms with Crippen molar-refractivity contribution >= 4 is 45.6 Å². The third-order valence-corrected chi connectivity index (χ3v) is 3.18. The average Bonchev–Trinajstić information content (AvgIpc) is 2.34. The monoisotopic (exact) mass is 353 g/mol. The Labute approximate surface area is 119 Å². The minimum atomic E-state index is -0.472. The molecule has 5 heteroatoms. The zero-order valence-corrected chi connectivity index (χ0v) is 11.6. The number of nitrogens with two attached hydrogens (primary N) is 2. The van der Waals surface area contributed by atoms with Gasteiger partial charge in [-0.2, -0.15) is 0 Å². The highest BCUT2D eigenvalue weighted by Crippen LogP contribution is 2.24. The van der Waals surface area contributed by atoms with Crippen LogP contribution in [0.1, 0.15) is 10.4 Å². The van der Waals surface area contributed by atoms with Gasteiger partial charge in [0.2, 0.25) is 5.91 Å². The minimum Gasteiger partial charge on any atom is -0.397 e. The second-order valence-corrected chi connectivity index (χ2v) is 5.04. The first kappa shape index (κ1) is 12.7. The van der Waals surface area contributed by atoms with Gasteiger partial charge >= 0.3 is 0 Å². The molecule has 0 radical (unpaired) electrons. The molecule has 2 aromatic rings. The lowest BCUT2D eigenvalue weighted by Gasteiger charge is -2.10. The molecule has 5 N–H and O–H groups in total. The molecule has 0 aliphatic rings. The van der Waals surface area contributed by atoms with Gasteiger partial charge in [0.25, 0.3) is 0 Å². The van der Waals surface area contributed by atoms with Crippen molar-refractivity contribution < 1.29 is 4.79 Å². The third kappa shape index (κ3) is 2.92. The maximum atomic E-state index is 11.1. The Hall–Kier alpha value is -1.76. The molecule has 0 aliphatic heterocycles. The number of hydrogen-bond donors (Lipinski definition) is 3. The molecule has 0 heterocycles. The van der Waals surface area contributed by atoms with Crippen LogP contribution in [0, 0.1) is 3.57 Å². The molecule has 0 spiro atoms. The summed E-state index contributed by atoms with van der Waals surface area (Å²) in [5.41, 5.74) is 13.7. The number of carbonyl (C=O) groups is 1. The largest absolute Gasteiger partial charge is 0.397 e. The summed E-state index contributed by atoms with van der Waals surface area (Å²) in [6.45, 7) is 0. The minimum absolute atomic E-state index is 0.428. The van der Waals surface area contributed by atoms with Crippen molar-refractivity contribution in [3.8, 4) is 0 Å². The van der Waals surface area contributed by atoms with E-state index in [1.54, 1.807) is 18.2 Å². The Morgan fingerprint density at radius 2 is 1.78 bits per heavy atom. The van der Waals surface area contributed by atoms with E-state index in [2.05, 4.69) is 27.9 Å². The number of primary amides is 1. The third-order valence-electron chi connectivity index (χ3n) is 2.46. The lowest BCUT2D eigenvalue weighted by atomic mass is 10.1. The van der Waals surface area contributed by atoms with Gasteiger partial charge in [-0.15, -0.1) is 0 Å². The van der Waals surface area contributed by atoms with Crippen molar-refractivity contribution in [3.63, 3.8) is 0 Å². The first-order valence-electron chi connectivity index (χ1n) is 5.28. The molecule has 0 bridgehead atoms. The van der Waals surface area contributed by atoms with Crippen LogP contribution in [0.25, 0.3) is 0 Å². The summed E-state index contributed by atoms with van der Waals surface area (Å²) in [6, 6.07) is 12.8. The Bertz CT molecular complexity index is 581. The van der Waals surface area contributed by atoms with Gasteiger partial charge in [-0.1, -0.05) is 0 Å². The lowest BCUT2D eigenvalue weighted by molar-refractivity contribution is 0.100. The molecule has 92 valence electrons. The molecule has 0 atom stereocenters. The van der Waals surface area contributed by atoms with E-state index in [1.165, 1.54) is 0 Å². The van der Waals surface area contributed by atoms with Gasteiger partial charge in [-0.05, 0) is 65.1 Å². The summed E-state index contributed by atoms with van der Waals surface area (Å²) in [4.78, 5) is 11.1. The van der Waals surface area contributed by atoms with Gasteiger partial charge in [-0.25, -0.2) is 0 Å². The van der Waals surface area contributed by atoms with Crippen LogP contribution in [0.4, 0.5) is 17.1 Å². The van der Waals surface area contributed by atoms with E-state index in [9.17, 15) is 4.79 Å². The molecular weight excluding hydrogens is 341 g/mol. The van der Waals surface area contributed by atoms with E-state index in [4.69, 9.17) is 11.5 Å². The molecule has 4 nitrogen and oxygen atoms in total. The molecule has 2 rings (SSSR count). The van der Waals surface area contributed by atoms with E-state index in [1.807, 2.05) is 24.3 Å². The molecule has 0 saturated heterocycles. The fraction of sp³-hybridized carbons (Fsp3) is 0. The number of anilines is 3. The Morgan fingerprint density at radius 3 is 2.39 bits per heavy atom. The van der Waals surface area contributed by atoms with Gasteiger partial charge in [-0.3, -0.25) is 4.79 Å². The van der Waals surface area contributed by atoms with Crippen LogP contribution >= 0.6 is 22.6 Å². The second kappa shape index (κ2) is 5.26. The van der Waals surface area contributed by atoms with Crippen molar-refractivity contribution in [2.24, 2.45) is 5.73 Å². The molecule has 0 unspecified atom stereocenters. The first-order valence-corrected chi connectivity index (χ1v) is 6.36. The van der Waals surface area contributed by atoms with Crippen LogP contribution in [0.3, 0.4) is 0 Å². The van der Waals surface area contributed by atoms with Crippen LogP contribution in [0.15, 0.2) is 42.5 Å². The number of rotatable bonds is 3. The fourth-order valence-corrected chi connectivity index (χ4v) is 1.87. The summed E-state index contributed by atoms with van der Waals surface area (Å²) in [5, 5.41) is 3.16. The molecule has 2 aromatic carbocycles. The molecule has 0 saturated carbocycles. The van der Waals surface area contributed by atoms with Crippen LogP contribution in [-0.4, -0.2) is 5.91 Å². The van der Waals surface area contributed by atoms with Crippen molar-refractivity contribution in [1.82, 2.24) is 0 Å². The van der Waals surface area contributed by atoms with Crippen molar-refractivity contribution in [3.05, 3.63) is 51.6 Å². The van der Waals surface area contributed by atoms with Gasteiger partial charge in [0, 0.05) is 14.8 Å². The summed E-state index contributed by atoms with van der Waals surface area (Å²) in [6.07, 6.45) is 0. The first-order chi connectivity index (χ1) is 8.56. The molecular formula is C13H12IN3O. The zero-order chi connectivity index (χ0) is 13.1. The van der Waals surface area contributed by atoms with E-state index >= 15 is 0 Å². The Morgan fingerprint density at radius 1 is 1.11 bits per heavy atom. The summed E-state index contributed by atoms with van der Waals surface area (Å²) in [5.74, 6) is -0.472. The van der Waals surface area contributed by atoms with Crippen molar-refractivity contribution in [1.29, 1.82) is 0 Å². The van der Waals surface area contributed by atoms with Crippen LogP contribution < -0.4 is 16.8 Å².